The number of benzene rings is 2. The van der Waals surface area contributed by atoms with E-state index in [0.717, 1.165) is 10.0 Å². The number of hydrogen-bond acceptors (Lipinski definition) is 3. The highest BCUT2D eigenvalue weighted by Gasteiger charge is 2.14. The van der Waals surface area contributed by atoms with Crippen molar-refractivity contribution in [2.24, 2.45) is 0 Å². The van der Waals surface area contributed by atoms with Gasteiger partial charge >= 0.3 is 0 Å². The monoisotopic (exact) mass is 350 g/mol. The molecule has 0 aromatic heterocycles. The number of rotatable bonds is 3. The zero-order valence-corrected chi connectivity index (χ0v) is 13.0. The molecule has 4 nitrogen and oxygen atoms in total. The Bertz CT molecular complexity index is 778. The standard InChI is InChI=1S/C14H11BrN2O2S/c1-10-8-13(6-7-14(10)15)20(18,19)17-12-4-2-11(9-16)3-5-12/h2-8,17H,1H3. The molecule has 102 valence electrons. The second kappa shape index (κ2) is 5.65. The lowest BCUT2D eigenvalue weighted by Gasteiger charge is -2.09. The first-order chi connectivity index (χ1) is 9.42. The number of nitriles is 1. The van der Waals surface area contributed by atoms with Gasteiger partial charge in [0.15, 0.2) is 0 Å². The quantitative estimate of drug-likeness (QED) is 0.921. The predicted octanol–water partition coefficient (Wildman–Crippen LogP) is 3.43. The summed E-state index contributed by atoms with van der Waals surface area (Å²) in [4.78, 5) is 0.197. The van der Waals surface area contributed by atoms with Crippen molar-refractivity contribution in [3.63, 3.8) is 0 Å². The molecule has 0 amide bonds. The number of sulfonamides is 1. The summed E-state index contributed by atoms with van der Waals surface area (Å²) in [6.07, 6.45) is 0. The second-order valence-electron chi connectivity index (χ2n) is 4.21. The Morgan fingerprint density at radius 3 is 2.35 bits per heavy atom. The van der Waals surface area contributed by atoms with Crippen LogP contribution in [0.3, 0.4) is 0 Å². The fraction of sp³-hybridized carbons (Fsp3) is 0.0714. The first-order valence-electron chi connectivity index (χ1n) is 5.71. The number of anilines is 1. The molecular formula is C14H11BrN2O2S. The summed E-state index contributed by atoms with van der Waals surface area (Å²) >= 11 is 3.33. The van der Waals surface area contributed by atoms with Crippen LogP contribution in [0.15, 0.2) is 51.8 Å². The molecule has 0 saturated carbocycles. The van der Waals surface area contributed by atoms with Crippen LogP contribution in [0.5, 0.6) is 0 Å². The number of halogens is 1. The van der Waals surface area contributed by atoms with Gasteiger partial charge in [0, 0.05) is 10.2 Å². The van der Waals surface area contributed by atoms with Crippen LogP contribution in [0.2, 0.25) is 0 Å². The van der Waals surface area contributed by atoms with Crippen molar-refractivity contribution < 1.29 is 8.42 Å². The lowest BCUT2D eigenvalue weighted by atomic mass is 10.2. The summed E-state index contributed by atoms with van der Waals surface area (Å²) in [6.45, 7) is 1.82. The maximum Gasteiger partial charge on any atom is 0.261 e. The zero-order chi connectivity index (χ0) is 14.8. The normalized spacial score (nSPS) is 10.8. The highest BCUT2D eigenvalue weighted by atomic mass is 79.9. The molecule has 0 heterocycles. The Morgan fingerprint density at radius 1 is 1.15 bits per heavy atom. The molecule has 0 radical (unpaired) electrons. The lowest BCUT2D eigenvalue weighted by Crippen LogP contribution is -2.13. The topological polar surface area (TPSA) is 70.0 Å². The van der Waals surface area contributed by atoms with Gasteiger partial charge in [-0.2, -0.15) is 5.26 Å². The van der Waals surface area contributed by atoms with Gasteiger partial charge in [0.25, 0.3) is 10.0 Å². The summed E-state index contributed by atoms with van der Waals surface area (Å²) in [5.74, 6) is 0. The van der Waals surface area contributed by atoms with Gasteiger partial charge in [-0.05, 0) is 55.0 Å². The third kappa shape index (κ3) is 3.18. The number of hydrogen-bond donors (Lipinski definition) is 1. The molecule has 2 aromatic rings. The van der Waals surface area contributed by atoms with Gasteiger partial charge in [0.2, 0.25) is 0 Å². The van der Waals surface area contributed by atoms with E-state index >= 15 is 0 Å². The summed E-state index contributed by atoms with van der Waals surface area (Å²) in [7, 11) is -3.63. The molecule has 0 saturated heterocycles. The third-order valence-corrected chi connectivity index (χ3v) is 4.97. The van der Waals surface area contributed by atoms with Gasteiger partial charge in [0.05, 0.1) is 16.5 Å². The van der Waals surface area contributed by atoms with E-state index in [1.807, 2.05) is 13.0 Å². The zero-order valence-electron chi connectivity index (χ0n) is 10.6. The average molecular weight is 351 g/mol. The molecule has 0 fully saturated rings. The van der Waals surface area contributed by atoms with E-state index in [0.29, 0.717) is 11.3 Å². The summed E-state index contributed by atoms with van der Waals surface area (Å²) in [5.41, 5.74) is 1.74. The molecule has 0 unspecified atom stereocenters. The Kier molecular flexibility index (Phi) is 4.12. The fourth-order valence-electron chi connectivity index (χ4n) is 1.61. The minimum Gasteiger partial charge on any atom is -0.280 e. The van der Waals surface area contributed by atoms with Crippen molar-refractivity contribution in [1.29, 1.82) is 5.26 Å². The molecule has 0 atom stereocenters. The van der Waals surface area contributed by atoms with Crippen LogP contribution in [-0.4, -0.2) is 8.42 Å². The van der Waals surface area contributed by atoms with Gasteiger partial charge in [-0.15, -0.1) is 0 Å². The number of nitrogens with zero attached hydrogens (tertiary/aromatic N) is 1. The molecule has 0 aliphatic rings. The van der Waals surface area contributed by atoms with Crippen LogP contribution in [0.1, 0.15) is 11.1 Å². The molecule has 0 bridgehead atoms. The van der Waals surface area contributed by atoms with E-state index in [9.17, 15) is 8.42 Å². The van der Waals surface area contributed by atoms with Crippen molar-refractivity contribution >= 4 is 31.6 Å². The number of aryl methyl sites for hydroxylation is 1. The van der Waals surface area contributed by atoms with E-state index in [1.54, 1.807) is 36.4 Å². The van der Waals surface area contributed by atoms with E-state index < -0.39 is 10.0 Å². The van der Waals surface area contributed by atoms with Crippen molar-refractivity contribution in [2.45, 2.75) is 11.8 Å². The van der Waals surface area contributed by atoms with Crippen molar-refractivity contribution in [3.05, 3.63) is 58.1 Å². The molecule has 20 heavy (non-hydrogen) atoms. The van der Waals surface area contributed by atoms with Crippen molar-refractivity contribution in [3.8, 4) is 6.07 Å². The summed E-state index contributed by atoms with van der Waals surface area (Å²) in [5, 5.41) is 8.70. The molecular weight excluding hydrogens is 340 g/mol. The van der Waals surface area contributed by atoms with Crippen molar-refractivity contribution in [1.82, 2.24) is 0 Å². The van der Waals surface area contributed by atoms with Crippen molar-refractivity contribution in [2.75, 3.05) is 4.72 Å². The maximum atomic E-state index is 12.2. The van der Waals surface area contributed by atoms with Crippen LogP contribution in [0.25, 0.3) is 0 Å². The Morgan fingerprint density at radius 2 is 1.80 bits per heavy atom. The molecule has 0 spiro atoms. The molecule has 0 aliphatic carbocycles. The van der Waals surface area contributed by atoms with Crippen LogP contribution < -0.4 is 4.72 Å². The van der Waals surface area contributed by atoms with E-state index in [-0.39, 0.29) is 4.90 Å². The first-order valence-corrected chi connectivity index (χ1v) is 7.99. The molecule has 2 aromatic carbocycles. The van der Waals surface area contributed by atoms with Crippen LogP contribution in [-0.2, 0) is 10.0 Å². The van der Waals surface area contributed by atoms with E-state index in [1.165, 1.54) is 6.07 Å². The lowest BCUT2D eigenvalue weighted by molar-refractivity contribution is 0.601. The first kappa shape index (κ1) is 14.6. The van der Waals surface area contributed by atoms with Gasteiger partial charge in [-0.1, -0.05) is 15.9 Å². The minimum absolute atomic E-state index is 0.197. The Labute approximate surface area is 126 Å². The predicted molar refractivity (Wildman–Crippen MR) is 80.8 cm³/mol. The Hall–Kier alpha value is -1.84. The molecule has 2 rings (SSSR count). The van der Waals surface area contributed by atoms with Gasteiger partial charge in [-0.3, -0.25) is 4.72 Å². The number of nitrogens with one attached hydrogen (secondary N) is 1. The van der Waals surface area contributed by atoms with Gasteiger partial charge in [-0.25, -0.2) is 8.42 Å². The minimum atomic E-state index is -3.63. The van der Waals surface area contributed by atoms with E-state index in [4.69, 9.17) is 5.26 Å². The SMILES string of the molecule is Cc1cc(S(=O)(=O)Nc2ccc(C#N)cc2)ccc1Br. The van der Waals surface area contributed by atoms with Crippen LogP contribution >= 0.6 is 15.9 Å². The molecule has 0 aliphatic heterocycles. The maximum absolute atomic E-state index is 12.2. The largest absolute Gasteiger partial charge is 0.280 e. The third-order valence-electron chi connectivity index (χ3n) is 2.71. The second-order valence-corrected chi connectivity index (χ2v) is 6.74. The van der Waals surface area contributed by atoms with Gasteiger partial charge in [0.1, 0.15) is 0 Å². The highest BCUT2D eigenvalue weighted by Crippen LogP contribution is 2.22. The average Bonchev–Trinajstić information content (AvgIpc) is 2.42. The fourth-order valence-corrected chi connectivity index (χ4v) is 3.00. The van der Waals surface area contributed by atoms with E-state index in [2.05, 4.69) is 20.7 Å². The molecule has 6 heteroatoms. The summed E-state index contributed by atoms with van der Waals surface area (Å²) in [6, 6.07) is 13.0. The van der Waals surface area contributed by atoms with Gasteiger partial charge < -0.3 is 0 Å². The molecule has 1 N–H and O–H groups in total. The van der Waals surface area contributed by atoms with Crippen LogP contribution in [0, 0.1) is 18.3 Å². The highest BCUT2D eigenvalue weighted by molar-refractivity contribution is 9.10. The Balaban J connectivity index is 2.30. The van der Waals surface area contributed by atoms with Crippen LogP contribution in [0.4, 0.5) is 5.69 Å². The summed E-state index contributed by atoms with van der Waals surface area (Å²) < 4.78 is 27.8. The smallest absolute Gasteiger partial charge is 0.261 e.